The van der Waals surface area contributed by atoms with Gasteiger partial charge in [-0.25, -0.2) is 4.39 Å². The summed E-state index contributed by atoms with van der Waals surface area (Å²) in [5, 5.41) is 11.6. The van der Waals surface area contributed by atoms with Gasteiger partial charge in [0.05, 0.1) is 16.9 Å². The molecule has 0 saturated carbocycles. The summed E-state index contributed by atoms with van der Waals surface area (Å²) >= 11 is 0. The molecule has 2 heterocycles. The molecule has 0 bridgehead atoms. The first kappa shape index (κ1) is 13.1. The van der Waals surface area contributed by atoms with Crippen LogP contribution in [0.4, 0.5) is 15.8 Å². The zero-order chi connectivity index (χ0) is 14.3. The van der Waals surface area contributed by atoms with Gasteiger partial charge in [0.2, 0.25) is 0 Å². The molecule has 2 N–H and O–H groups in total. The lowest BCUT2D eigenvalue weighted by Crippen LogP contribution is -2.35. The lowest BCUT2D eigenvalue weighted by Gasteiger charge is -2.33. The molecule has 0 aromatic heterocycles. The predicted octanol–water partition coefficient (Wildman–Crippen LogP) is 1.17. The van der Waals surface area contributed by atoms with E-state index in [0.717, 1.165) is 18.9 Å². The quantitative estimate of drug-likeness (QED) is 0.797. The molecular formula is C14H15FN2O3. The fraction of sp³-hybridized carbons (Fsp3) is 0.429. The van der Waals surface area contributed by atoms with E-state index < -0.39 is 17.5 Å². The van der Waals surface area contributed by atoms with Crippen LogP contribution in [0.25, 0.3) is 0 Å². The lowest BCUT2D eigenvalue weighted by atomic mass is 9.97. The minimum absolute atomic E-state index is 0.0986. The number of ketones is 1. The number of aliphatic hydroxyl groups is 1. The summed E-state index contributed by atoms with van der Waals surface area (Å²) in [5.41, 5.74) is 0.873. The number of carbonyl (C=O) groups is 2. The SMILES string of the molecule is O=C1Nc2cc(N3CCC(CO)CC3)c(F)cc2C1=O. The van der Waals surface area contributed by atoms with Crippen LogP contribution in [-0.4, -0.2) is 36.5 Å². The van der Waals surface area contributed by atoms with Gasteiger partial charge in [0, 0.05) is 19.7 Å². The Morgan fingerprint density at radius 3 is 2.65 bits per heavy atom. The average molecular weight is 278 g/mol. The Bertz CT molecular complexity index is 580. The lowest BCUT2D eigenvalue weighted by molar-refractivity contribution is -0.112. The number of nitrogens with one attached hydrogen (secondary N) is 1. The zero-order valence-corrected chi connectivity index (χ0v) is 10.9. The largest absolute Gasteiger partial charge is 0.396 e. The summed E-state index contributed by atoms with van der Waals surface area (Å²) < 4.78 is 14.1. The van der Waals surface area contributed by atoms with Gasteiger partial charge in [-0.05, 0) is 30.9 Å². The number of hydrogen-bond acceptors (Lipinski definition) is 4. The number of hydrogen-bond donors (Lipinski definition) is 2. The highest BCUT2D eigenvalue weighted by molar-refractivity contribution is 6.51. The maximum atomic E-state index is 14.1. The predicted molar refractivity (Wildman–Crippen MR) is 71.4 cm³/mol. The van der Waals surface area contributed by atoms with E-state index in [0.29, 0.717) is 24.5 Å². The fourth-order valence-corrected chi connectivity index (χ4v) is 2.75. The first-order chi connectivity index (χ1) is 9.60. The van der Waals surface area contributed by atoms with Crippen LogP contribution < -0.4 is 10.2 Å². The number of benzene rings is 1. The van der Waals surface area contributed by atoms with Crippen LogP contribution in [0.1, 0.15) is 23.2 Å². The Labute approximate surface area is 115 Å². The molecule has 0 unspecified atom stereocenters. The topological polar surface area (TPSA) is 69.6 Å². The van der Waals surface area contributed by atoms with Gasteiger partial charge in [0.25, 0.3) is 11.7 Å². The number of halogens is 1. The van der Waals surface area contributed by atoms with Gasteiger partial charge in [0.15, 0.2) is 0 Å². The minimum atomic E-state index is -0.712. The summed E-state index contributed by atoms with van der Waals surface area (Å²) in [6, 6.07) is 2.65. The molecule has 106 valence electrons. The first-order valence-corrected chi connectivity index (χ1v) is 6.65. The van der Waals surface area contributed by atoms with E-state index >= 15 is 0 Å². The Balaban J connectivity index is 1.87. The third-order valence-electron chi connectivity index (χ3n) is 4.00. The highest BCUT2D eigenvalue weighted by Gasteiger charge is 2.31. The van der Waals surface area contributed by atoms with Crippen molar-refractivity contribution in [3.63, 3.8) is 0 Å². The third-order valence-corrected chi connectivity index (χ3v) is 4.00. The summed E-state index contributed by atoms with van der Waals surface area (Å²) in [6.45, 7) is 1.47. The molecule has 1 fully saturated rings. The first-order valence-electron chi connectivity index (χ1n) is 6.65. The zero-order valence-electron chi connectivity index (χ0n) is 10.9. The molecule has 0 radical (unpaired) electrons. The molecule has 2 aliphatic heterocycles. The van der Waals surface area contributed by atoms with Gasteiger partial charge >= 0.3 is 0 Å². The molecule has 1 amide bonds. The van der Waals surface area contributed by atoms with Crippen LogP contribution in [0.15, 0.2) is 12.1 Å². The van der Waals surface area contributed by atoms with Crippen LogP contribution in [-0.2, 0) is 4.79 Å². The van der Waals surface area contributed by atoms with Crippen molar-refractivity contribution in [3.8, 4) is 0 Å². The molecule has 0 atom stereocenters. The summed E-state index contributed by atoms with van der Waals surface area (Å²) in [4.78, 5) is 24.7. The molecule has 6 heteroatoms. The molecule has 2 aliphatic rings. The van der Waals surface area contributed by atoms with Crippen molar-refractivity contribution >= 4 is 23.1 Å². The summed E-state index contributed by atoms with van der Waals surface area (Å²) in [5.74, 6) is -1.62. The molecule has 0 aliphatic carbocycles. The van der Waals surface area contributed by atoms with Crippen molar-refractivity contribution in [1.29, 1.82) is 0 Å². The smallest absolute Gasteiger partial charge is 0.296 e. The molecule has 3 rings (SSSR count). The number of fused-ring (bicyclic) bond motifs is 1. The number of amides is 1. The van der Waals surface area contributed by atoms with Gasteiger partial charge in [-0.15, -0.1) is 0 Å². The number of rotatable bonds is 2. The van der Waals surface area contributed by atoms with Gasteiger partial charge in [0.1, 0.15) is 5.82 Å². The van der Waals surface area contributed by atoms with E-state index in [9.17, 15) is 14.0 Å². The number of Topliss-reactive ketones (excluding diaryl/α,β-unsaturated/α-hetero) is 1. The van der Waals surface area contributed by atoms with E-state index in [-0.39, 0.29) is 18.1 Å². The van der Waals surface area contributed by atoms with E-state index in [1.807, 2.05) is 4.90 Å². The second kappa shape index (κ2) is 4.86. The highest BCUT2D eigenvalue weighted by atomic mass is 19.1. The number of nitrogens with zero attached hydrogens (tertiary/aromatic N) is 1. The number of anilines is 2. The minimum Gasteiger partial charge on any atom is -0.396 e. The Kier molecular flexibility index (Phi) is 3.17. The molecule has 1 aromatic rings. The van der Waals surface area contributed by atoms with E-state index in [1.54, 1.807) is 0 Å². The molecule has 1 saturated heterocycles. The standard InChI is InChI=1S/C14H15FN2O3/c15-10-5-9-11(16-14(20)13(9)19)6-12(10)17-3-1-8(7-18)2-4-17/h5-6,8,18H,1-4,7H2,(H,16,19,20). The maximum absolute atomic E-state index is 14.1. The third kappa shape index (κ3) is 2.06. The number of carbonyl (C=O) groups excluding carboxylic acids is 2. The van der Waals surface area contributed by atoms with Crippen molar-refractivity contribution in [2.24, 2.45) is 5.92 Å². The fourth-order valence-electron chi connectivity index (χ4n) is 2.75. The van der Waals surface area contributed by atoms with E-state index in [4.69, 9.17) is 5.11 Å². The van der Waals surface area contributed by atoms with Gasteiger partial charge in [-0.3, -0.25) is 9.59 Å². The molecule has 0 spiro atoms. The van der Waals surface area contributed by atoms with Crippen molar-refractivity contribution in [2.75, 3.05) is 29.9 Å². The Morgan fingerprint density at radius 2 is 2.00 bits per heavy atom. The molecular weight excluding hydrogens is 263 g/mol. The molecule has 1 aromatic carbocycles. The summed E-state index contributed by atoms with van der Waals surface area (Å²) in [7, 11) is 0. The average Bonchev–Trinajstić information content (AvgIpc) is 2.74. The second-order valence-electron chi connectivity index (χ2n) is 5.25. The van der Waals surface area contributed by atoms with Crippen LogP contribution in [0.3, 0.4) is 0 Å². The van der Waals surface area contributed by atoms with Crippen LogP contribution in [0.2, 0.25) is 0 Å². The Morgan fingerprint density at radius 1 is 1.30 bits per heavy atom. The van der Waals surface area contributed by atoms with Crippen LogP contribution in [0.5, 0.6) is 0 Å². The molecule has 5 nitrogen and oxygen atoms in total. The summed E-state index contributed by atoms with van der Waals surface area (Å²) in [6.07, 6.45) is 1.61. The number of piperidine rings is 1. The second-order valence-corrected chi connectivity index (χ2v) is 5.25. The van der Waals surface area contributed by atoms with Crippen LogP contribution >= 0.6 is 0 Å². The van der Waals surface area contributed by atoms with Crippen molar-refractivity contribution in [1.82, 2.24) is 0 Å². The van der Waals surface area contributed by atoms with E-state index in [2.05, 4.69) is 5.32 Å². The molecule has 20 heavy (non-hydrogen) atoms. The van der Waals surface area contributed by atoms with Gasteiger partial charge in [-0.2, -0.15) is 0 Å². The monoisotopic (exact) mass is 278 g/mol. The van der Waals surface area contributed by atoms with Crippen molar-refractivity contribution in [3.05, 3.63) is 23.5 Å². The van der Waals surface area contributed by atoms with Crippen molar-refractivity contribution in [2.45, 2.75) is 12.8 Å². The maximum Gasteiger partial charge on any atom is 0.296 e. The van der Waals surface area contributed by atoms with E-state index in [1.165, 1.54) is 6.07 Å². The van der Waals surface area contributed by atoms with Crippen LogP contribution in [0, 0.1) is 11.7 Å². The highest BCUT2D eigenvalue weighted by Crippen LogP contribution is 2.33. The van der Waals surface area contributed by atoms with Gasteiger partial charge < -0.3 is 15.3 Å². The van der Waals surface area contributed by atoms with Crippen molar-refractivity contribution < 1.29 is 19.1 Å². The van der Waals surface area contributed by atoms with Gasteiger partial charge in [-0.1, -0.05) is 0 Å². The normalized spacial score (nSPS) is 19.2. The number of aliphatic hydroxyl groups excluding tert-OH is 1. The Hall–Kier alpha value is -1.95.